The summed E-state index contributed by atoms with van der Waals surface area (Å²) in [6.07, 6.45) is 1.16. The summed E-state index contributed by atoms with van der Waals surface area (Å²) in [5.41, 5.74) is 2.97. The largest absolute Gasteiger partial charge is 0.494 e. The van der Waals surface area contributed by atoms with Crippen LogP contribution in [0.4, 0.5) is 16.2 Å². The second-order valence-electron chi connectivity index (χ2n) is 7.33. The lowest BCUT2D eigenvalue weighted by Gasteiger charge is -2.25. The molecule has 0 aromatic heterocycles. The molecule has 2 aliphatic rings. The highest BCUT2D eigenvalue weighted by atomic mass is 16.5. The molecule has 4 rings (SSSR count). The third-order valence-corrected chi connectivity index (χ3v) is 5.34. The number of urea groups is 1. The van der Waals surface area contributed by atoms with E-state index in [9.17, 15) is 9.59 Å². The van der Waals surface area contributed by atoms with Crippen LogP contribution in [0.25, 0.3) is 0 Å². The van der Waals surface area contributed by atoms with Gasteiger partial charge in [0.15, 0.2) is 0 Å². The first kappa shape index (κ1) is 18.3. The summed E-state index contributed by atoms with van der Waals surface area (Å²) in [7, 11) is 0. The Hall–Kier alpha value is -3.02. The lowest BCUT2D eigenvalue weighted by atomic mass is 10.1. The molecule has 0 bridgehead atoms. The first-order valence-corrected chi connectivity index (χ1v) is 9.77. The molecule has 1 N–H and O–H groups in total. The number of amides is 3. The summed E-state index contributed by atoms with van der Waals surface area (Å²) < 4.78 is 5.45. The van der Waals surface area contributed by atoms with E-state index in [-0.39, 0.29) is 24.0 Å². The van der Waals surface area contributed by atoms with Crippen molar-refractivity contribution in [2.45, 2.75) is 38.8 Å². The maximum absolute atomic E-state index is 12.9. The summed E-state index contributed by atoms with van der Waals surface area (Å²) in [6.45, 7) is 5.06. The number of fused-ring (bicyclic) bond motifs is 1. The van der Waals surface area contributed by atoms with E-state index in [1.807, 2.05) is 56.3 Å². The molecule has 0 unspecified atom stereocenters. The van der Waals surface area contributed by atoms with Crippen molar-refractivity contribution >= 4 is 23.3 Å². The third kappa shape index (κ3) is 3.42. The number of anilines is 2. The van der Waals surface area contributed by atoms with Crippen molar-refractivity contribution in [1.82, 2.24) is 5.32 Å². The highest BCUT2D eigenvalue weighted by Crippen LogP contribution is 2.32. The van der Waals surface area contributed by atoms with Crippen molar-refractivity contribution in [3.8, 4) is 5.75 Å². The van der Waals surface area contributed by atoms with Crippen LogP contribution in [0.5, 0.6) is 5.75 Å². The Morgan fingerprint density at radius 1 is 1.14 bits per heavy atom. The van der Waals surface area contributed by atoms with Crippen LogP contribution in [0.2, 0.25) is 0 Å². The standard InChI is InChI=1S/C22H25N3O3/c1-3-28-19-10-8-18(9-11-19)24-14-17(13-21(24)26)23-22(27)25-15(2)12-16-6-4-5-7-20(16)25/h4-11,15,17H,3,12-14H2,1-2H3,(H,23,27)/t15-,17+/m1/s1. The second kappa shape index (κ2) is 7.54. The zero-order chi connectivity index (χ0) is 19.7. The molecule has 6 nitrogen and oxygen atoms in total. The van der Waals surface area contributed by atoms with Crippen LogP contribution < -0.4 is 19.9 Å². The second-order valence-corrected chi connectivity index (χ2v) is 7.33. The van der Waals surface area contributed by atoms with Crippen LogP contribution in [0.1, 0.15) is 25.8 Å². The van der Waals surface area contributed by atoms with Crippen LogP contribution >= 0.6 is 0 Å². The van der Waals surface area contributed by atoms with Gasteiger partial charge in [0.2, 0.25) is 5.91 Å². The van der Waals surface area contributed by atoms with Crippen molar-refractivity contribution in [2.24, 2.45) is 0 Å². The number of rotatable bonds is 4. The van der Waals surface area contributed by atoms with Gasteiger partial charge in [0, 0.05) is 30.4 Å². The van der Waals surface area contributed by atoms with Gasteiger partial charge in [-0.2, -0.15) is 0 Å². The molecule has 28 heavy (non-hydrogen) atoms. The Balaban J connectivity index is 1.42. The van der Waals surface area contributed by atoms with Crippen molar-refractivity contribution in [1.29, 1.82) is 0 Å². The number of carbonyl (C=O) groups excluding carboxylic acids is 2. The van der Waals surface area contributed by atoms with Gasteiger partial charge in [0.05, 0.1) is 12.6 Å². The third-order valence-electron chi connectivity index (χ3n) is 5.34. The first-order valence-electron chi connectivity index (χ1n) is 9.77. The summed E-state index contributed by atoms with van der Waals surface area (Å²) >= 11 is 0. The van der Waals surface area contributed by atoms with Crippen LogP contribution in [-0.4, -0.2) is 37.2 Å². The molecule has 0 radical (unpaired) electrons. The summed E-state index contributed by atoms with van der Waals surface area (Å²) in [4.78, 5) is 28.9. The van der Waals surface area contributed by atoms with Crippen LogP contribution in [0.15, 0.2) is 48.5 Å². The minimum absolute atomic E-state index is 0.0179. The quantitative estimate of drug-likeness (QED) is 0.886. The van der Waals surface area contributed by atoms with Crippen molar-refractivity contribution in [2.75, 3.05) is 23.0 Å². The van der Waals surface area contributed by atoms with Crippen molar-refractivity contribution in [3.63, 3.8) is 0 Å². The smallest absolute Gasteiger partial charge is 0.322 e. The van der Waals surface area contributed by atoms with Gasteiger partial charge in [-0.1, -0.05) is 18.2 Å². The molecule has 2 atom stereocenters. The van der Waals surface area contributed by atoms with Gasteiger partial charge in [-0.25, -0.2) is 4.79 Å². The predicted molar refractivity (Wildman–Crippen MR) is 109 cm³/mol. The number of nitrogens with one attached hydrogen (secondary N) is 1. The van der Waals surface area contributed by atoms with E-state index < -0.39 is 0 Å². The summed E-state index contributed by atoms with van der Waals surface area (Å²) in [6, 6.07) is 15.2. The summed E-state index contributed by atoms with van der Waals surface area (Å²) in [5, 5.41) is 3.05. The zero-order valence-electron chi connectivity index (χ0n) is 16.2. The van der Waals surface area contributed by atoms with Gasteiger partial charge < -0.3 is 15.0 Å². The molecule has 0 aliphatic carbocycles. The molecular weight excluding hydrogens is 354 g/mol. The van der Waals surface area contributed by atoms with E-state index in [0.29, 0.717) is 19.6 Å². The van der Waals surface area contributed by atoms with Gasteiger partial charge in [-0.3, -0.25) is 9.69 Å². The Labute approximate surface area is 165 Å². The van der Waals surface area contributed by atoms with Gasteiger partial charge in [-0.15, -0.1) is 0 Å². The zero-order valence-corrected chi connectivity index (χ0v) is 16.2. The first-order chi connectivity index (χ1) is 13.6. The average molecular weight is 379 g/mol. The highest BCUT2D eigenvalue weighted by Gasteiger charge is 2.35. The number of para-hydroxylation sites is 1. The van der Waals surface area contributed by atoms with E-state index in [1.165, 1.54) is 5.56 Å². The van der Waals surface area contributed by atoms with Crippen LogP contribution in [0.3, 0.4) is 0 Å². The molecule has 3 amide bonds. The fourth-order valence-electron chi connectivity index (χ4n) is 4.06. The van der Waals surface area contributed by atoms with E-state index >= 15 is 0 Å². The van der Waals surface area contributed by atoms with E-state index in [2.05, 4.69) is 11.4 Å². The molecule has 6 heteroatoms. The fraction of sp³-hybridized carbons (Fsp3) is 0.364. The topological polar surface area (TPSA) is 61.9 Å². The molecule has 146 valence electrons. The molecular formula is C22H25N3O3. The molecule has 2 aromatic rings. The molecule has 0 spiro atoms. The monoisotopic (exact) mass is 379 g/mol. The minimum Gasteiger partial charge on any atom is -0.494 e. The SMILES string of the molecule is CCOc1ccc(N2C[C@@H](NC(=O)N3c4ccccc4C[C@H]3C)CC2=O)cc1. The average Bonchev–Trinajstić information content (AvgIpc) is 3.21. The Morgan fingerprint density at radius 2 is 1.89 bits per heavy atom. The number of carbonyl (C=O) groups is 2. The van der Waals surface area contributed by atoms with E-state index in [0.717, 1.165) is 23.5 Å². The van der Waals surface area contributed by atoms with E-state index in [4.69, 9.17) is 4.74 Å². The number of hydrogen-bond acceptors (Lipinski definition) is 3. The molecule has 1 saturated heterocycles. The lowest BCUT2D eigenvalue weighted by Crippen LogP contribution is -2.48. The Bertz CT molecular complexity index is 881. The molecule has 2 aromatic carbocycles. The number of hydrogen-bond donors (Lipinski definition) is 1. The minimum atomic E-state index is -0.202. The molecule has 0 saturated carbocycles. The maximum Gasteiger partial charge on any atom is 0.322 e. The Morgan fingerprint density at radius 3 is 2.64 bits per heavy atom. The van der Waals surface area contributed by atoms with Gasteiger partial charge in [-0.05, 0) is 56.2 Å². The number of ether oxygens (including phenoxy) is 1. The normalized spacial score (nSPS) is 21.0. The molecule has 1 fully saturated rings. The van der Waals surface area contributed by atoms with Gasteiger partial charge in [0.25, 0.3) is 0 Å². The lowest BCUT2D eigenvalue weighted by molar-refractivity contribution is -0.117. The van der Waals surface area contributed by atoms with E-state index in [1.54, 1.807) is 9.80 Å². The predicted octanol–water partition coefficient (Wildman–Crippen LogP) is 3.35. The van der Waals surface area contributed by atoms with Crippen LogP contribution in [-0.2, 0) is 11.2 Å². The van der Waals surface area contributed by atoms with Crippen LogP contribution in [0, 0.1) is 0 Å². The van der Waals surface area contributed by atoms with Gasteiger partial charge >= 0.3 is 6.03 Å². The number of nitrogens with zero attached hydrogens (tertiary/aromatic N) is 2. The fourth-order valence-corrected chi connectivity index (χ4v) is 4.06. The maximum atomic E-state index is 12.9. The summed E-state index contributed by atoms with van der Waals surface area (Å²) in [5.74, 6) is 0.800. The Kier molecular flexibility index (Phi) is 4.94. The number of benzene rings is 2. The van der Waals surface area contributed by atoms with Crippen molar-refractivity contribution in [3.05, 3.63) is 54.1 Å². The highest BCUT2D eigenvalue weighted by molar-refractivity contribution is 5.99. The van der Waals surface area contributed by atoms with Gasteiger partial charge in [0.1, 0.15) is 5.75 Å². The van der Waals surface area contributed by atoms with Crippen molar-refractivity contribution < 1.29 is 14.3 Å². The molecule has 2 heterocycles. The molecule has 2 aliphatic heterocycles.